The van der Waals surface area contributed by atoms with E-state index in [0.29, 0.717) is 29.7 Å². The van der Waals surface area contributed by atoms with Crippen molar-refractivity contribution in [3.63, 3.8) is 0 Å². The molecular weight excluding hydrogens is 549 g/mol. The van der Waals surface area contributed by atoms with Crippen molar-refractivity contribution < 1.29 is 9.50 Å². The summed E-state index contributed by atoms with van der Waals surface area (Å²) < 4.78 is 16.3. The first-order chi connectivity index (χ1) is 20.2. The third-order valence-electron chi connectivity index (χ3n) is 8.87. The molecule has 6 rings (SSSR count). The number of allylic oxidation sites excluding steroid dienone is 1. The molecule has 2 aromatic carbocycles. The molecule has 3 saturated heterocycles. The molecule has 0 spiro atoms. The summed E-state index contributed by atoms with van der Waals surface area (Å²) in [6.07, 6.45) is 11.1. The molecule has 2 unspecified atom stereocenters. The molecule has 1 aromatic heterocycles. The van der Waals surface area contributed by atoms with Gasteiger partial charge in [0.15, 0.2) is 5.82 Å². The van der Waals surface area contributed by atoms with Crippen LogP contribution < -0.4 is 10.2 Å². The smallest absolute Gasteiger partial charge is 0.158 e. The number of likely N-dealkylation sites (tertiary alicyclic amines) is 1. The molecule has 42 heavy (non-hydrogen) atoms. The minimum atomic E-state index is -0.486. The molecule has 2 bridgehead atoms. The number of hydrogen-bond donors (Lipinski definition) is 2. The second-order valence-corrected chi connectivity index (χ2v) is 13.4. The summed E-state index contributed by atoms with van der Waals surface area (Å²) in [7, 11) is 0. The average molecular weight is 590 g/mol. The van der Waals surface area contributed by atoms with Crippen molar-refractivity contribution in [3.05, 3.63) is 76.0 Å². The lowest BCUT2D eigenvalue weighted by Crippen LogP contribution is -2.51. The highest BCUT2D eigenvalue weighted by molar-refractivity contribution is 6.33. The Morgan fingerprint density at radius 2 is 1.83 bits per heavy atom. The van der Waals surface area contributed by atoms with Crippen molar-refractivity contribution in [1.82, 2.24) is 20.2 Å². The second-order valence-electron chi connectivity index (χ2n) is 12.9. The molecule has 3 aliphatic heterocycles. The maximum absolute atomic E-state index is 16.3. The van der Waals surface area contributed by atoms with Gasteiger partial charge in [0.25, 0.3) is 0 Å². The molecule has 0 amide bonds. The Hall–Kier alpha value is -3.00. The number of fused-ring (bicyclic) bond motifs is 3. The van der Waals surface area contributed by atoms with Crippen LogP contribution in [0.25, 0.3) is 23.1 Å². The summed E-state index contributed by atoms with van der Waals surface area (Å²) in [5, 5.41) is 15.1. The molecular formula is C34H41ClFN5O. The van der Waals surface area contributed by atoms with Gasteiger partial charge in [-0.15, -0.1) is 0 Å². The van der Waals surface area contributed by atoms with Gasteiger partial charge < -0.3 is 20.2 Å². The van der Waals surface area contributed by atoms with Gasteiger partial charge in [-0.25, -0.2) is 14.4 Å². The fourth-order valence-electron chi connectivity index (χ4n) is 6.73. The summed E-state index contributed by atoms with van der Waals surface area (Å²) in [6.45, 7) is 9.67. The van der Waals surface area contributed by atoms with Crippen LogP contribution in [-0.2, 0) is 6.42 Å². The Bertz CT molecular complexity index is 1470. The lowest BCUT2D eigenvalue weighted by Gasteiger charge is -2.34. The zero-order chi connectivity index (χ0) is 29.3. The van der Waals surface area contributed by atoms with Crippen molar-refractivity contribution in [2.75, 3.05) is 37.6 Å². The van der Waals surface area contributed by atoms with Gasteiger partial charge in [0.05, 0.1) is 5.02 Å². The molecule has 3 aromatic rings. The molecule has 0 radical (unpaired) electrons. The zero-order valence-electron chi connectivity index (χ0n) is 24.6. The van der Waals surface area contributed by atoms with E-state index in [1.54, 1.807) is 12.1 Å². The Balaban J connectivity index is 1.34. The van der Waals surface area contributed by atoms with E-state index in [4.69, 9.17) is 21.6 Å². The fraction of sp³-hybridized carbons (Fsp3) is 0.471. The summed E-state index contributed by atoms with van der Waals surface area (Å²) in [5.74, 6) is 0.965. The number of anilines is 1. The number of nitrogens with one attached hydrogen (secondary N) is 1. The van der Waals surface area contributed by atoms with Crippen molar-refractivity contribution in [3.8, 4) is 0 Å². The van der Waals surface area contributed by atoms with Crippen LogP contribution in [-0.4, -0.2) is 64.8 Å². The van der Waals surface area contributed by atoms with Crippen molar-refractivity contribution in [1.29, 1.82) is 0 Å². The van der Waals surface area contributed by atoms with Gasteiger partial charge in [0, 0.05) is 49.1 Å². The SMILES string of the molecule is CC(C)(CCc1nc(N2CC3CCC(C2)N3)c2cc(Cl)c(/C=C/C(O)=C\c3ccccc3)c(F)c2n1)CN1CCCC1. The summed E-state index contributed by atoms with van der Waals surface area (Å²) >= 11 is 6.69. The first-order valence-corrected chi connectivity index (χ1v) is 15.7. The molecule has 0 aliphatic carbocycles. The maximum Gasteiger partial charge on any atom is 0.158 e. The number of halogens is 2. The van der Waals surface area contributed by atoms with Gasteiger partial charge in [-0.05, 0) is 80.5 Å². The highest BCUT2D eigenvalue weighted by atomic mass is 35.5. The fourth-order valence-corrected chi connectivity index (χ4v) is 6.98. The summed E-state index contributed by atoms with van der Waals surface area (Å²) in [4.78, 5) is 14.7. The van der Waals surface area contributed by atoms with E-state index < -0.39 is 5.82 Å². The van der Waals surface area contributed by atoms with Crippen LogP contribution in [0.2, 0.25) is 5.02 Å². The zero-order valence-corrected chi connectivity index (χ0v) is 25.4. The number of benzene rings is 2. The number of piperazine rings is 1. The highest BCUT2D eigenvalue weighted by Crippen LogP contribution is 2.36. The number of aliphatic hydroxyl groups excluding tert-OH is 1. The molecule has 222 valence electrons. The Kier molecular flexibility index (Phi) is 8.53. The lowest BCUT2D eigenvalue weighted by molar-refractivity contribution is 0.197. The predicted octanol–water partition coefficient (Wildman–Crippen LogP) is 7.03. The number of hydrogen-bond acceptors (Lipinski definition) is 6. The van der Waals surface area contributed by atoms with Crippen LogP contribution >= 0.6 is 11.6 Å². The van der Waals surface area contributed by atoms with Crippen molar-refractivity contribution >= 4 is 40.5 Å². The summed E-state index contributed by atoms with van der Waals surface area (Å²) in [5.41, 5.74) is 1.45. The molecule has 3 aliphatic rings. The van der Waals surface area contributed by atoms with E-state index >= 15 is 4.39 Å². The molecule has 6 nitrogen and oxygen atoms in total. The number of aryl methyl sites for hydroxylation is 1. The van der Waals surface area contributed by atoms with Crippen LogP contribution in [0.5, 0.6) is 0 Å². The van der Waals surface area contributed by atoms with Crippen molar-refractivity contribution in [2.24, 2.45) is 5.41 Å². The third-order valence-corrected chi connectivity index (χ3v) is 9.18. The standard InChI is InChI=1S/C34H41ClFN5O/c1-34(2,22-40-16-6-7-17-40)15-14-30-38-32-28(33(39-30)41-20-24-10-11-25(21-41)37-24)19-29(35)27(31(32)36)13-12-26(42)18-23-8-4-3-5-9-23/h3-5,8-9,12-13,18-19,24-25,37,42H,6-7,10-11,14-17,20-22H2,1-2H3/b13-12+,26-18+. The van der Waals surface area contributed by atoms with E-state index in [9.17, 15) is 5.11 Å². The topological polar surface area (TPSA) is 64.5 Å². The van der Waals surface area contributed by atoms with Crippen LogP contribution in [0, 0.1) is 11.2 Å². The Morgan fingerprint density at radius 1 is 1.12 bits per heavy atom. The Labute approximate surface area is 253 Å². The van der Waals surface area contributed by atoms with Gasteiger partial charge in [-0.1, -0.05) is 55.8 Å². The Morgan fingerprint density at radius 3 is 2.55 bits per heavy atom. The predicted molar refractivity (Wildman–Crippen MR) is 171 cm³/mol. The molecule has 8 heteroatoms. The quantitative estimate of drug-likeness (QED) is 0.206. The number of nitrogens with zero attached hydrogens (tertiary/aromatic N) is 4. The van der Waals surface area contributed by atoms with Gasteiger partial charge in [-0.3, -0.25) is 0 Å². The minimum absolute atomic E-state index is 0.0114. The van der Waals surface area contributed by atoms with Crippen LogP contribution in [0.1, 0.15) is 62.9 Å². The van der Waals surface area contributed by atoms with Crippen LogP contribution in [0.15, 0.2) is 48.2 Å². The van der Waals surface area contributed by atoms with Gasteiger partial charge in [0.2, 0.25) is 0 Å². The molecule has 4 heterocycles. The molecule has 3 fully saturated rings. The van der Waals surface area contributed by atoms with E-state index in [1.807, 2.05) is 30.3 Å². The normalized spacial score (nSPS) is 21.7. The first kappa shape index (κ1) is 29.1. The van der Waals surface area contributed by atoms with Gasteiger partial charge in [-0.2, -0.15) is 0 Å². The minimum Gasteiger partial charge on any atom is -0.508 e. The second kappa shape index (κ2) is 12.3. The van der Waals surface area contributed by atoms with E-state index in [2.05, 4.69) is 29.0 Å². The molecule has 2 N–H and O–H groups in total. The highest BCUT2D eigenvalue weighted by Gasteiger charge is 2.34. The largest absolute Gasteiger partial charge is 0.508 e. The van der Waals surface area contributed by atoms with Crippen molar-refractivity contribution in [2.45, 2.75) is 64.5 Å². The van der Waals surface area contributed by atoms with E-state index in [-0.39, 0.29) is 27.3 Å². The monoisotopic (exact) mass is 589 g/mol. The van der Waals surface area contributed by atoms with Crippen LogP contribution in [0.3, 0.4) is 0 Å². The number of aromatic nitrogens is 2. The van der Waals surface area contributed by atoms with Gasteiger partial charge >= 0.3 is 0 Å². The summed E-state index contributed by atoms with van der Waals surface area (Å²) in [6, 6.07) is 12.1. The lowest BCUT2D eigenvalue weighted by atomic mass is 9.87. The van der Waals surface area contributed by atoms with Gasteiger partial charge in [0.1, 0.15) is 22.9 Å². The van der Waals surface area contributed by atoms with Crippen LogP contribution in [0.4, 0.5) is 10.2 Å². The van der Waals surface area contributed by atoms with E-state index in [1.165, 1.54) is 38.1 Å². The average Bonchev–Trinajstić information content (AvgIpc) is 3.60. The first-order valence-electron chi connectivity index (χ1n) is 15.3. The van der Waals surface area contributed by atoms with E-state index in [0.717, 1.165) is 50.3 Å². The maximum atomic E-state index is 16.3. The molecule has 2 atom stereocenters. The molecule has 0 saturated carbocycles. The number of rotatable bonds is 9. The third kappa shape index (κ3) is 6.64. The number of aliphatic hydroxyl groups is 1.